The van der Waals surface area contributed by atoms with Crippen molar-refractivity contribution >= 4 is 5.91 Å². The number of nitrogens with two attached hydrogens (primary N) is 1. The maximum absolute atomic E-state index is 13.9. The van der Waals surface area contributed by atoms with Crippen LogP contribution in [0.3, 0.4) is 0 Å². The van der Waals surface area contributed by atoms with Crippen LogP contribution in [-0.2, 0) is 16.9 Å². The van der Waals surface area contributed by atoms with Crippen molar-refractivity contribution in [2.75, 3.05) is 0 Å². The topological polar surface area (TPSA) is 55.1 Å². The van der Waals surface area contributed by atoms with E-state index in [0.29, 0.717) is 6.54 Å². The summed E-state index contributed by atoms with van der Waals surface area (Å²) >= 11 is 0. The van der Waals surface area contributed by atoms with E-state index in [1.165, 1.54) is 13.0 Å². The molecule has 3 nitrogen and oxygen atoms in total. The molecular formula is C16H16F2N2O. The van der Waals surface area contributed by atoms with Crippen LogP contribution in [-0.4, -0.2) is 5.91 Å². The molecule has 0 heterocycles. The van der Waals surface area contributed by atoms with Gasteiger partial charge in [0.05, 0.1) is 0 Å². The van der Waals surface area contributed by atoms with Gasteiger partial charge in [-0.25, -0.2) is 8.78 Å². The number of nitrogens with one attached hydrogen (secondary N) is 1. The summed E-state index contributed by atoms with van der Waals surface area (Å²) in [6.45, 7) is 1.81. The second-order valence-electron chi connectivity index (χ2n) is 4.95. The van der Waals surface area contributed by atoms with Crippen LogP contribution < -0.4 is 11.1 Å². The summed E-state index contributed by atoms with van der Waals surface area (Å²) in [5.74, 6) is -2.24. The van der Waals surface area contributed by atoms with Crippen LogP contribution in [0, 0.1) is 11.6 Å². The van der Waals surface area contributed by atoms with Gasteiger partial charge in [0.15, 0.2) is 0 Å². The molecule has 0 bridgehead atoms. The maximum Gasteiger partial charge on any atom is 0.242 e. The van der Waals surface area contributed by atoms with E-state index in [4.69, 9.17) is 5.73 Å². The molecule has 0 saturated carbocycles. The van der Waals surface area contributed by atoms with Crippen molar-refractivity contribution in [2.24, 2.45) is 5.73 Å². The summed E-state index contributed by atoms with van der Waals surface area (Å²) in [5, 5.41) is 2.95. The predicted molar refractivity (Wildman–Crippen MR) is 76.2 cm³/mol. The molecule has 2 aromatic carbocycles. The fourth-order valence-electron chi connectivity index (χ4n) is 2.08. The van der Waals surface area contributed by atoms with E-state index in [1.54, 1.807) is 0 Å². The first kappa shape index (κ1) is 15.1. The molecular weight excluding hydrogens is 274 g/mol. The predicted octanol–water partition coefficient (Wildman–Crippen LogP) is 2.46. The number of carbonyl (C=O) groups is 1. The van der Waals surface area contributed by atoms with Crippen molar-refractivity contribution < 1.29 is 13.6 Å². The Morgan fingerprint density at radius 1 is 1.19 bits per heavy atom. The number of primary amides is 1. The van der Waals surface area contributed by atoms with E-state index in [2.05, 4.69) is 5.32 Å². The number of amides is 1. The van der Waals surface area contributed by atoms with E-state index in [1.807, 2.05) is 30.3 Å². The molecule has 0 fully saturated rings. The van der Waals surface area contributed by atoms with Gasteiger partial charge in [0.1, 0.15) is 17.2 Å². The van der Waals surface area contributed by atoms with Gasteiger partial charge >= 0.3 is 0 Å². The second-order valence-corrected chi connectivity index (χ2v) is 4.95. The molecule has 0 aromatic heterocycles. The SMILES string of the molecule is CC(NCc1ccccc1)(C(N)=O)c1ccc(F)cc1F. The number of hydrogen-bond donors (Lipinski definition) is 2. The average Bonchev–Trinajstić information content (AvgIpc) is 2.45. The fraction of sp³-hybridized carbons (Fsp3) is 0.188. The molecule has 0 saturated heterocycles. The van der Waals surface area contributed by atoms with Gasteiger partial charge in [0.25, 0.3) is 0 Å². The van der Waals surface area contributed by atoms with Gasteiger partial charge in [-0.15, -0.1) is 0 Å². The van der Waals surface area contributed by atoms with Crippen molar-refractivity contribution in [3.63, 3.8) is 0 Å². The monoisotopic (exact) mass is 290 g/mol. The van der Waals surface area contributed by atoms with Gasteiger partial charge in [0, 0.05) is 18.2 Å². The molecule has 110 valence electrons. The summed E-state index contributed by atoms with van der Waals surface area (Å²) in [6.07, 6.45) is 0. The van der Waals surface area contributed by atoms with Crippen LogP contribution in [0.1, 0.15) is 18.1 Å². The molecule has 1 unspecified atom stereocenters. The van der Waals surface area contributed by atoms with Gasteiger partial charge in [-0.3, -0.25) is 10.1 Å². The van der Waals surface area contributed by atoms with Gasteiger partial charge < -0.3 is 5.73 Å². The van der Waals surface area contributed by atoms with Crippen LogP contribution >= 0.6 is 0 Å². The molecule has 5 heteroatoms. The lowest BCUT2D eigenvalue weighted by molar-refractivity contribution is -0.124. The number of hydrogen-bond acceptors (Lipinski definition) is 2. The first-order valence-corrected chi connectivity index (χ1v) is 6.48. The lowest BCUT2D eigenvalue weighted by atomic mass is 9.90. The van der Waals surface area contributed by atoms with Crippen molar-refractivity contribution in [3.05, 3.63) is 71.3 Å². The van der Waals surface area contributed by atoms with E-state index >= 15 is 0 Å². The zero-order chi connectivity index (χ0) is 15.5. The Kier molecular flexibility index (Phi) is 4.33. The maximum atomic E-state index is 13.9. The molecule has 0 aliphatic rings. The highest BCUT2D eigenvalue weighted by atomic mass is 19.1. The van der Waals surface area contributed by atoms with Crippen LogP contribution in [0.15, 0.2) is 48.5 Å². The Labute approximate surface area is 121 Å². The lowest BCUT2D eigenvalue weighted by Crippen LogP contribution is -2.50. The van der Waals surface area contributed by atoms with Gasteiger partial charge in [-0.1, -0.05) is 36.4 Å². The minimum Gasteiger partial charge on any atom is -0.368 e. The van der Waals surface area contributed by atoms with Crippen LogP contribution in [0.5, 0.6) is 0 Å². The van der Waals surface area contributed by atoms with E-state index in [0.717, 1.165) is 17.7 Å². The Morgan fingerprint density at radius 2 is 1.86 bits per heavy atom. The summed E-state index contributed by atoms with van der Waals surface area (Å²) in [7, 11) is 0. The third kappa shape index (κ3) is 3.25. The van der Waals surface area contributed by atoms with Crippen LogP contribution in [0.2, 0.25) is 0 Å². The molecule has 3 N–H and O–H groups in total. The van der Waals surface area contributed by atoms with Gasteiger partial charge in [-0.05, 0) is 18.6 Å². The Bertz CT molecular complexity index is 646. The first-order valence-electron chi connectivity index (χ1n) is 6.48. The number of carbonyl (C=O) groups excluding carboxylic acids is 1. The molecule has 0 aliphatic heterocycles. The summed E-state index contributed by atoms with van der Waals surface area (Å²) in [5.41, 5.74) is 4.93. The lowest BCUT2D eigenvalue weighted by Gasteiger charge is -2.28. The van der Waals surface area contributed by atoms with Crippen molar-refractivity contribution in [1.82, 2.24) is 5.32 Å². The summed E-state index contributed by atoms with van der Waals surface area (Å²) in [6, 6.07) is 12.4. The first-order chi connectivity index (χ1) is 9.93. The third-order valence-corrected chi connectivity index (χ3v) is 3.45. The van der Waals surface area contributed by atoms with Gasteiger partial charge in [0.2, 0.25) is 5.91 Å². The molecule has 0 spiro atoms. The fourth-order valence-corrected chi connectivity index (χ4v) is 2.08. The van der Waals surface area contributed by atoms with E-state index in [-0.39, 0.29) is 5.56 Å². The molecule has 21 heavy (non-hydrogen) atoms. The molecule has 2 rings (SSSR count). The van der Waals surface area contributed by atoms with Crippen molar-refractivity contribution in [1.29, 1.82) is 0 Å². The molecule has 1 amide bonds. The molecule has 1 atom stereocenters. The second kappa shape index (κ2) is 6.01. The van der Waals surface area contributed by atoms with Crippen molar-refractivity contribution in [2.45, 2.75) is 19.0 Å². The average molecular weight is 290 g/mol. The van der Waals surface area contributed by atoms with Crippen molar-refractivity contribution in [3.8, 4) is 0 Å². The zero-order valence-corrected chi connectivity index (χ0v) is 11.6. The number of halogens is 2. The van der Waals surface area contributed by atoms with E-state index < -0.39 is 23.1 Å². The standard InChI is InChI=1S/C16H16F2N2O/c1-16(15(19)21,13-8-7-12(17)9-14(13)18)20-10-11-5-3-2-4-6-11/h2-9,20H,10H2,1H3,(H2,19,21). The summed E-state index contributed by atoms with van der Waals surface area (Å²) < 4.78 is 27.0. The zero-order valence-electron chi connectivity index (χ0n) is 11.6. The normalized spacial score (nSPS) is 13.7. The quantitative estimate of drug-likeness (QED) is 0.888. The largest absolute Gasteiger partial charge is 0.368 e. The molecule has 0 aliphatic carbocycles. The van der Waals surface area contributed by atoms with Crippen LogP contribution in [0.25, 0.3) is 0 Å². The van der Waals surface area contributed by atoms with Crippen LogP contribution in [0.4, 0.5) is 8.78 Å². The highest BCUT2D eigenvalue weighted by Gasteiger charge is 2.35. The molecule has 2 aromatic rings. The summed E-state index contributed by atoms with van der Waals surface area (Å²) in [4.78, 5) is 11.8. The minimum absolute atomic E-state index is 0.0207. The highest BCUT2D eigenvalue weighted by molar-refractivity contribution is 5.85. The highest BCUT2D eigenvalue weighted by Crippen LogP contribution is 2.24. The minimum atomic E-state index is -1.42. The smallest absolute Gasteiger partial charge is 0.242 e. The third-order valence-electron chi connectivity index (χ3n) is 3.45. The Morgan fingerprint density at radius 3 is 2.43 bits per heavy atom. The Hall–Kier alpha value is -2.27. The number of rotatable bonds is 5. The van der Waals surface area contributed by atoms with E-state index in [9.17, 15) is 13.6 Å². The number of benzene rings is 2. The Balaban J connectivity index is 2.30. The molecule has 0 radical (unpaired) electrons. The van der Waals surface area contributed by atoms with Gasteiger partial charge in [-0.2, -0.15) is 0 Å².